The van der Waals surface area contributed by atoms with E-state index in [9.17, 15) is 4.79 Å². The van der Waals surface area contributed by atoms with E-state index in [0.29, 0.717) is 11.7 Å². The molecule has 0 saturated heterocycles. The monoisotopic (exact) mass is 309 g/mol. The number of carbonyl (C=O) groups is 1. The fraction of sp³-hybridized carbons (Fsp3) is 0.250. The number of hydrogen-bond acceptors (Lipinski definition) is 5. The van der Waals surface area contributed by atoms with E-state index >= 15 is 0 Å². The number of carbonyl (C=O) groups excluding carboxylic acids is 1. The molecule has 0 spiro atoms. The molecule has 0 saturated carbocycles. The highest BCUT2D eigenvalue weighted by atomic mass is 32.1. The van der Waals surface area contributed by atoms with E-state index < -0.39 is 0 Å². The molecule has 0 radical (unpaired) electrons. The first-order chi connectivity index (χ1) is 9.54. The van der Waals surface area contributed by atoms with E-state index in [4.69, 9.17) is 11.5 Å². The molecule has 2 aromatic heterocycles. The van der Waals surface area contributed by atoms with Gasteiger partial charge in [-0.15, -0.1) is 22.7 Å². The number of guanidine groups is 1. The van der Waals surface area contributed by atoms with Crippen molar-refractivity contribution in [3.8, 4) is 10.6 Å². The Hall–Kier alpha value is -1.93. The zero-order chi connectivity index (χ0) is 14.5. The van der Waals surface area contributed by atoms with Crippen LogP contribution in [0.1, 0.15) is 11.8 Å². The third-order valence-electron chi connectivity index (χ3n) is 2.38. The van der Waals surface area contributed by atoms with Crippen molar-refractivity contribution in [3.63, 3.8) is 0 Å². The Morgan fingerprint density at radius 1 is 1.45 bits per heavy atom. The van der Waals surface area contributed by atoms with E-state index in [1.165, 1.54) is 23.1 Å². The molecule has 2 heterocycles. The van der Waals surface area contributed by atoms with Gasteiger partial charge in [0.2, 0.25) is 11.0 Å². The topological polar surface area (TPSA) is 106 Å². The molecule has 8 heteroatoms. The maximum absolute atomic E-state index is 10.8. The van der Waals surface area contributed by atoms with E-state index in [1.54, 1.807) is 11.3 Å². The third-order valence-corrected chi connectivity index (χ3v) is 4.28. The third kappa shape index (κ3) is 4.04. The Bertz CT molecular complexity index is 627. The molecule has 0 aliphatic heterocycles. The summed E-state index contributed by atoms with van der Waals surface area (Å²) < 4.78 is 0. The van der Waals surface area contributed by atoms with Gasteiger partial charge in [0.05, 0.1) is 10.6 Å². The van der Waals surface area contributed by atoms with Crippen molar-refractivity contribution in [1.82, 2.24) is 10.3 Å². The van der Waals surface area contributed by atoms with Gasteiger partial charge in [-0.2, -0.15) is 4.99 Å². The van der Waals surface area contributed by atoms with Crippen LogP contribution in [0.3, 0.4) is 0 Å². The summed E-state index contributed by atoms with van der Waals surface area (Å²) in [5.74, 6) is -0.00349. The average molecular weight is 309 g/mol. The van der Waals surface area contributed by atoms with Gasteiger partial charge >= 0.3 is 0 Å². The van der Waals surface area contributed by atoms with Crippen LogP contribution >= 0.6 is 22.7 Å². The maximum atomic E-state index is 10.8. The first-order valence-electron chi connectivity index (χ1n) is 5.93. The van der Waals surface area contributed by atoms with Crippen LogP contribution < -0.4 is 16.8 Å². The number of nitrogens with zero attached hydrogens (tertiary/aromatic N) is 2. The van der Waals surface area contributed by atoms with Crippen molar-refractivity contribution in [1.29, 1.82) is 0 Å². The predicted octanol–water partition coefficient (Wildman–Crippen LogP) is 1.46. The van der Waals surface area contributed by atoms with Gasteiger partial charge in [-0.25, -0.2) is 4.98 Å². The summed E-state index contributed by atoms with van der Waals surface area (Å²) in [6, 6.07) is 4.06. The number of thiazole rings is 1. The van der Waals surface area contributed by atoms with E-state index in [2.05, 4.69) is 15.3 Å². The highest BCUT2D eigenvalue weighted by Gasteiger charge is 2.07. The van der Waals surface area contributed by atoms with Gasteiger partial charge in [-0.05, 0) is 18.6 Å². The summed E-state index contributed by atoms with van der Waals surface area (Å²) >= 11 is 3.05. The van der Waals surface area contributed by atoms with Crippen LogP contribution in [-0.4, -0.2) is 23.4 Å². The number of nitrogens with one attached hydrogen (secondary N) is 1. The zero-order valence-electron chi connectivity index (χ0n) is 10.9. The lowest BCUT2D eigenvalue weighted by Gasteiger charge is -1.98. The first-order valence-corrected chi connectivity index (χ1v) is 7.63. The molecule has 1 amide bonds. The van der Waals surface area contributed by atoms with Gasteiger partial charge in [0, 0.05) is 23.7 Å². The maximum Gasteiger partial charge on any atom is 0.216 e. The zero-order valence-corrected chi connectivity index (χ0v) is 12.6. The van der Waals surface area contributed by atoms with Crippen LogP contribution in [0, 0.1) is 0 Å². The smallest absolute Gasteiger partial charge is 0.216 e. The molecule has 6 nitrogen and oxygen atoms in total. The van der Waals surface area contributed by atoms with Gasteiger partial charge < -0.3 is 16.8 Å². The van der Waals surface area contributed by atoms with Gasteiger partial charge in [-0.3, -0.25) is 4.79 Å². The summed E-state index contributed by atoms with van der Waals surface area (Å²) in [5.41, 5.74) is 11.5. The second-order valence-corrected chi connectivity index (χ2v) is 6.06. The van der Waals surface area contributed by atoms with Gasteiger partial charge in [-0.1, -0.05) is 0 Å². The quantitative estimate of drug-likeness (QED) is 0.574. The molecule has 0 aliphatic carbocycles. The highest BCUT2D eigenvalue weighted by Crippen LogP contribution is 2.31. The highest BCUT2D eigenvalue weighted by molar-refractivity contribution is 7.16. The molecule has 0 aliphatic rings. The lowest BCUT2D eigenvalue weighted by molar-refractivity contribution is -0.118. The molecule has 2 rings (SSSR count). The molecule has 2 aromatic rings. The molecule has 5 N–H and O–H groups in total. The Kier molecular flexibility index (Phi) is 4.70. The second-order valence-electron chi connectivity index (χ2n) is 4.05. The fourth-order valence-electron chi connectivity index (χ4n) is 1.55. The van der Waals surface area contributed by atoms with Crippen LogP contribution in [0.15, 0.2) is 22.5 Å². The van der Waals surface area contributed by atoms with Crippen molar-refractivity contribution in [3.05, 3.63) is 22.4 Å². The number of aliphatic imine (C=N–C) groups is 1. The van der Waals surface area contributed by atoms with Crippen molar-refractivity contribution in [2.24, 2.45) is 16.5 Å². The van der Waals surface area contributed by atoms with Crippen LogP contribution in [0.25, 0.3) is 10.6 Å². The predicted molar refractivity (Wildman–Crippen MR) is 83.3 cm³/mol. The largest absolute Gasteiger partial charge is 0.370 e. The number of rotatable bonds is 5. The molecular formula is C12H15N5OS2. The summed E-state index contributed by atoms with van der Waals surface area (Å²) in [5, 5.41) is 5.25. The minimum atomic E-state index is -0.0110. The van der Waals surface area contributed by atoms with Gasteiger partial charge in [0.25, 0.3) is 0 Å². The molecule has 0 aromatic carbocycles. The fourth-order valence-corrected chi connectivity index (χ4v) is 3.30. The van der Waals surface area contributed by atoms with Crippen LogP contribution in [-0.2, 0) is 11.2 Å². The molecule has 0 atom stereocenters. The lowest BCUT2D eigenvalue weighted by atomic mass is 10.3. The molecule has 0 bridgehead atoms. The number of amides is 1. The summed E-state index contributed by atoms with van der Waals surface area (Å²) in [4.78, 5) is 21.3. The Morgan fingerprint density at radius 3 is 2.95 bits per heavy atom. The summed E-state index contributed by atoms with van der Waals surface area (Å²) in [7, 11) is 0. The van der Waals surface area contributed by atoms with Crippen molar-refractivity contribution < 1.29 is 4.79 Å². The van der Waals surface area contributed by atoms with Crippen LogP contribution in [0.4, 0.5) is 5.13 Å². The SMILES string of the molecule is CC(=O)NCCc1ccc(-c2csc(N=C(N)N)n2)s1. The second kappa shape index (κ2) is 6.49. The number of thiophene rings is 1. The Balaban J connectivity index is 2.03. The van der Waals surface area contributed by atoms with Gasteiger partial charge in [0.1, 0.15) is 0 Å². The van der Waals surface area contributed by atoms with E-state index in [0.717, 1.165) is 17.0 Å². The Labute approximate surface area is 124 Å². The lowest BCUT2D eigenvalue weighted by Crippen LogP contribution is -2.22. The summed E-state index contributed by atoms with van der Waals surface area (Å²) in [6.45, 7) is 2.16. The van der Waals surface area contributed by atoms with Crippen molar-refractivity contribution >= 4 is 39.7 Å². The molecular weight excluding hydrogens is 294 g/mol. The average Bonchev–Trinajstić information content (AvgIpc) is 2.96. The van der Waals surface area contributed by atoms with Crippen molar-refractivity contribution in [2.75, 3.05) is 6.54 Å². The first kappa shape index (κ1) is 14.5. The number of aromatic nitrogens is 1. The molecule has 0 unspecified atom stereocenters. The number of hydrogen-bond donors (Lipinski definition) is 3. The van der Waals surface area contributed by atoms with E-state index in [-0.39, 0.29) is 11.9 Å². The molecule has 106 valence electrons. The normalized spacial score (nSPS) is 10.2. The molecule has 0 fully saturated rings. The summed E-state index contributed by atoms with van der Waals surface area (Å²) in [6.07, 6.45) is 0.815. The number of nitrogens with two attached hydrogens (primary N) is 2. The standard InChI is InChI=1S/C12H15N5OS2/c1-7(18)15-5-4-8-2-3-10(20-8)9-6-19-12(16-9)17-11(13)14/h2-3,6H,4-5H2,1H3,(H,15,18)(H4,13,14,16,17). The minimum Gasteiger partial charge on any atom is -0.370 e. The van der Waals surface area contributed by atoms with Gasteiger partial charge in [0.15, 0.2) is 5.96 Å². The van der Waals surface area contributed by atoms with E-state index in [1.807, 2.05) is 17.5 Å². The molecule has 20 heavy (non-hydrogen) atoms. The van der Waals surface area contributed by atoms with Crippen molar-refractivity contribution in [2.45, 2.75) is 13.3 Å². The van der Waals surface area contributed by atoms with Crippen LogP contribution in [0.2, 0.25) is 0 Å². The minimum absolute atomic E-state index is 0.00748. The Morgan fingerprint density at radius 2 is 2.25 bits per heavy atom. The van der Waals surface area contributed by atoms with Crippen LogP contribution in [0.5, 0.6) is 0 Å².